The van der Waals surface area contributed by atoms with Crippen molar-refractivity contribution < 1.29 is 28.8 Å². The number of aliphatic hydroxyl groups excluding tert-OH is 1. The predicted molar refractivity (Wildman–Crippen MR) is 105 cm³/mol. The van der Waals surface area contributed by atoms with Crippen molar-refractivity contribution in [3.05, 3.63) is 41.7 Å². The van der Waals surface area contributed by atoms with E-state index in [1.165, 1.54) is 0 Å². The van der Waals surface area contributed by atoms with E-state index in [-0.39, 0.29) is 30.1 Å². The Balaban J connectivity index is 2.32. The van der Waals surface area contributed by atoms with Gasteiger partial charge in [-0.2, -0.15) is 0 Å². The molecule has 28 heavy (non-hydrogen) atoms. The van der Waals surface area contributed by atoms with E-state index >= 15 is 0 Å². The lowest BCUT2D eigenvalue weighted by atomic mass is 9.80. The standard InChI is InChI=1S/C21H31NO6/c1-4-27-21-17(6-5-12-23)18(15-7-9-16(26-3)10-8-15)14-19(28-21)20(24)22-11-13-25-2/h7-10,14,17-18,21,23H,4-6,11-13H2,1-3H3,(H,22,24)/t17-,18-,21-/m1/s1. The van der Waals surface area contributed by atoms with Crippen LogP contribution in [-0.4, -0.2) is 57.9 Å². The number of methoxy groups -OCH3 is 2. The second-order valence-electron chi connectivity index (χ2n) is 6.55. The van der Waals surface area contributed by atoms with Crippen LogP contribution in [0.4, 0.5) is 0 Å². The summed E-state index contributed by atoms with van der Waals surface area (Å²) in [6.07, 6.45) is 2.64. The molecule has 1 aromatic rings. The van der Waals surface area contributed by atoms with Crippen LogP contribution in [0.1, 0.15) is 31.2 Å². The Labute approximate surface area is 166 Å². The van der Waals surface area contributed by atoms with Crippen molar-refractivity contribution in [1.29, 1.82) is 0 Å². The average molecular weight is 393 g/mol. The van der Waals surface area contributed by atoms with E-state index in [0.29, 0.717) is 32.6 Å². The average Bonchev–Trinajstić information content (AvgIpc) is 2.72. The molecule has 0 spiro atoms. The Morgan fingerprint density at radius 3 is 2.61 bits per heavy atom. The third-order valence-electron chi connectivity index (χ3n) is 4.73. The zero-order valence-corrected chi connectivity index (χ0v) is 16.8. The molecule has 0 saturated heterocycles. The van der Waals surface area contributed by atoms with Gasteiger partial charge in [0.1, 0.15) is 5.75 Å². The highest BCUT2D eigenvalue weighted by molar-refractivity contribution is 5.91. The monoisotopic (exact) mass is 393 g/mol. The summed E-state index contributed by atoms with van der Waals surface area (Å²) in [5, 5.41) is 12.1. The van der Waals surface area contributed by atoms with Gasteiger partial charge in [0.2, 0.25) is 6.29 Å². The van der Waals surface area contributed by atoms with Gasteiger partial charge >= 0.3 is 0 Å². The molecule has 1 amide bonds. The van der Waals surface area contributed by atoms with Gasteiger partial charge in [-0.1, -0.05) is 12.1 Å². The number of nitrogens with one attached hydrogen (secondary N) is 1. The summed E-state index contributed by atoms with van der Waals surface area (Å²) in [6, 6.07) is 7.77. The molecule has 0 fully saturated rings. The van der Waals surface area contributed by atoms with E-state index in [2.05, 4.69) is 5.32 Å². The highest BCUT2D eigenvalue weighted by Gasteiger charge is 2.37. The normalized spacial score (nSPS) is 21.6. The number of aliphatic hydroxyl groups is 1. The molecule has 1 aliphatic rings. The van der Waals surface area contributed by atoms with Gasteiger partial charge in [0.15, 0.2) is 5.76 Å². The molecular weight excluding hydrogens is 362 g/mol. The number of benzene rings is 1. The molecule has 3 atom stereocenters. The summed E-state index contributed by atoms with van der Waals surface area (Å²) in [4.78, 5) is 12.5. The topological polar surface area (TPSA) is 86.3 Å². The van der Waals surface area contributed by atoms with Crippen LogP contribution in [0.2, 0.25) is 0 Å². The molecule has 2 rings (SSSR count). The van der Waals surface area contributed by atoms with Crippen LogP contribution in [-0.2, 0) is 19.0 Å². The van der Waals surface area contributed by atoms with Crippen molar-refractivity contribution in [1.82, 2.24) is 5.32 Å². The quantitative estimate of drug-likeness (QED) is 0.561. The van der Waals surface area contributed by atoms with Crippen LogP contribution in [0.3, 0.4) is 0 Å². The molecule has 1 heterocycles. The number of rotatable bonds is 11. The smallest absolute Gasteiger partial charge is 0.286 e. The number of hydrogen-bond donors (Lipinski definition) is 2. The molecule has 0 bridgehead atoms. The van der Waals surface area contributed by atoms with Gasteiger partial charge in [0, 0.05) is 38.7 Å². The second kappa shape index (κ2) is 11.7. The summed E-state index contributed by atoms with van der Waals surface area (Å²) >= 11 is 0. The second-order valence-corrected chi connectivity index (χ2v) is 6.55. The molecule has 0 aromatic heterocycles. The van der Waals surface area contributed by atoms with Crippen molar-refractivity contribution in [2.24, 2.45) is 5.92 Å². The largest absolute Gasteiger partial charge is 0.497 e. The van der Waals surface area contributed by atoms with Crippen LogP contribution in [0.15, 0.2) is 36.1 Å². The fourth-order valence-electron chi connectivity index (χ4n) is 3.32. The fraction of sp³-hybridized carbons (Fsp3) is 0.571. The molecule has 0 unspecified atom stereocenters. The predicted octanol–water partition coefficient (Wildman–Crippen LogP) is 2.21. The van der Waals surface area contributed by atoms with Crippen LogP contribution < -0.4 is 10.1 Å². The minimum Gasteiger partial charge on any atom is -0.497 e. The maximum Gasteiger partial charge on any atom is 0.286 e. The third kappa shape index (κ3) is 5.95. The van der Waals surface area contributed by atoms with E-state index in [0.717, 1.165) is 11.3 Å². The van der Waals surface area contributed by atoms with E-state index in [1.807, 2.05) is 37.3 Å². The fourth-order valence-corrected chi connectivity index (χ4v) is 3.32. The lowest BCUT2D eigenvalue weighted by Gasteiger charge is -2.37. The lowest BCUT2D eigenvalue weighted by molar-refractivity contribution is -0.166. The number of carbonyl (C=O) groups excluding carboxylic acids is 1. The van der Waals surface area contributed by atoms with Gasteiger partial charge in [-0.25, -0.2) is 0 Å². The maximum atomic E-state index is 12.5. The minimum atomic E-state index is -0.558. The van der Waals surface area contributed by atoms with Gasteiger partial charge < -0.3 is 29.4 Å². The summed E-state index contributed by atoms with van der Waals surface area (Å²) in [5.41, 5.74) is 1.04. The molecule has 1 aromatic carbocycles. The van der Waals surface area contributed by atoms with Crippen LogP contribution >= 0.6 is 0 Å². The molecular formula is C21H31NO6. The zero-order chi connectivity index (χ0) is 20.4. The lowest BCUT2D eigenvalue weighted by Crippen LogP contribution is -2.39. The van der Waals surface area contributed by atoms with Gasteiger partial charge in [-0.15, -0.1) is 0 Å². The van der Waals surface area contributed by atoms with E-state index in [1.54, 1.807) is 14.2 Å². The Morgan fingerprint density at radius 1 is 1.25 bits per heavy atom. The van der Waals surface area contributed by atoms with E-state index < -0.39 is 6.29 Å². The Hall–Kier alpha value is -2.09. The molecule has 0 aliphatic carbocycles. The van der Waals surface area contributed by atoms with Crippen molar-refractivity contribution in [3.8, 4) is 5.75 Å². The highest BCUT2D eigenvalue weighted by atomic mass is 16.7. The Morgan fingerprint density at radius 2 is 2.00 bits per heavy atom. The molecule has 2 N–H and O–H groups in total. The molecule has 0 radical (unpaired) electrons. The number of allylic oxidation sites excluding steroid dienone is 1. The summed E-state index contributed by atoms with van der Waals surface area (Å²) in [5.74, 6) is 0.629. The van der Waals surface area contributed by atoms with E-state index in [9.17, 15) is 9.90 Å². The van der Waals surface area contributed by atoms with Crippen molar-refractivity contribution in [2.45, 2.75) is 32.0 Å². The van der Waals surface area contributed by atoms with Gasteiger partial charge in [-0.05, 0) is 43.5 Å². The van der Waals surface area contributed by atoms with Crippen LogP contribution in [0.5, 0.6) is 5.75 Å². The molecule has 1 aliphatic heterocycles. The highest BCUT2D eigenvalue weighted by Crippen LogP contribution is 2.39. The molecule has 156 valence electrons. The Kier molecular flexibility index (Phi) is 9.27. The van der Waals surface area contributed by atoms with E-state index in [4.69, 9.17) is 18.9 Å². The molecule has 7 nitrogen and oxygen atoms in total. The van der Waals surface area contributed by atoms with Crippen LogP contribution in [0, 0.1) is 5.92 Å². The first-order valence-electron chi connectivity index (χ1n) is 9.66. The summed E-state index contributed by atoms with van der Waals surface area (Å²) in [6.45, 7) is 3.28. The van der Waals surface area contributed by atoms with Crippen molar-refractivity contribution in [2.75, 3.05) is 40.6 Å². The zero-order valence-electron chi connectivity index (χ0n) is 16.8. The summed E-state index contributed by atoms with van der Waals surface area (Å²) in [7, 11) is 3.21. The Bertz CT molecular complexity index is 630. The van der Waals surface area contributed by atoms with Gasteiger partial charge in [0.05, 0.1) is 13.7 Å². The number of amides is 1. The minimum absolute atomic E-state index is 0.0176. The SMILES string of the molecule is CCO[C@@H]1OC(C(=O)NCCOC)=C[C@H](c2ccc(OC)cc2)[C@H]1CCCO. The van der Waals surface area contributed by atoms with Gasteiger partial charge in [0.25, 0.3) is 5.91 Å². The first kappa shape index (κ1) is 22.2. The molecule has 7 heteroatoms. The number of ether oxygens (including phenoxy) is 4. The molecule has 0 saturated carbocycles. The summed E-state index contributed by atoms with van der Waals surface area (Å²) < 4.78 is 22.0. The van der Waals surface area contributed by atoms with Gasteiger partial charge in [-0.3, -0.25) is 4.79 Å². The van der Waals surface area contributed by atoms with Crippen molar-refractivity contribution in [3.63, 3.8) is 0 Å². The number of hydrogen-bond acceptors (Lipinski definition) is 6. The third-order valence-corrected chi connectivity index (χ3v) is 4.73. The first-order chi connectivity index (χ1) is 13.6. The first-order valence-corrected chi connectivity index (χ1v) is 9.66. The number of carbonyl (C=O) groups is 1. The van der Waals surface area contributed by atoms with Crippen LogP contribution in [0.25, 0.3) is 0 Å². The maximum absolute atomic E-state index is 12.5. The van der Waals surface area contributed by atoms with Crippen molar-refractivity contribution >= 4 is 5.91 Å².